The summed E-state index contributed by atoms with van der Waals surface area (Å²) >= 11 is 5.85. The summed E-state index contributed by atoms with van der Waals surface area (Å²) < 4.78 is 23.0. The molecule has 6 heteroatoms. The van der Waals surface area contributed by atoms with E-state index < -0.39 is 9.84 Å². The molecule has 1 fully saturated rings. The molecule has 0 aliphatic carbocycles. The van der Waals surface area contributed by atoms with E-state index in [0.717, 1.165) is 5.56 Å². The highest BCUT2D eigenvalue weighted by molar-refractivity contribution is 7.91. The third kappa shape index (κ3) is 3.16. The molecule has 18 heavy (non-hydrogen) atoms. The van der Waals surface area contributed by atoms with Gasteiger partial charge >= 0.3 is 0 Å². The van der Waals surface area contributed by atoms with E-state index in [2.05, 4.69) is 4.90 Å². The molecule has 1 aliphatic heterocycles. The Labute approximate surface area is 112 Å². The topological polar surface area (TPSA) is 57.6 Å². The first-order valence-electron chi connectivity index (χ1n) is 5.79. The number of aromatic hydroxyl groups is 1. The lowest BCUT2D eigenvalue weighted by Crippen LogP contribution is -2.46. The minimum atomic E-state index is -2.88. The van der Waals surface area contributed by atoms with Gasteiger partial charge in [-0.05, 0) is 24.6 Å². The van der Waals surface area contributed by atoms with Crippen molar-refractivity contribution in [3.8, 4) is 5.75 Å². The summed E-state index contributed by atoms with van der Waals surface area (Å²) in [5.74, 6) is 0.483. The van der Waals surface area contributed by atoms with Crippen molar-refractivity contribution in [1.82, 2.24) is 4.90 Å². The van der Waals surface area contributed by atoms with Crippen molar-refractivity contribution in [2.75, 3.05) is 18.1 Å². The van der Waals surface area contributed by atoms with E-state index in [-0.39, 0.29) is 23.3 Å². The maximum atomic E-state index is 11.5. The Morgan fingerprint density at radius 3 is 2.83 bits per heavy atom. The van der Waals surface area contributed by atoms with Gasteiger partial charge in [0.25, 0.3) is 0 Å². The number of nitrogens with zero attached hydrogens (tertiary/aromatic N) is 1. The molecule has 1 atom stereocenters. The van der Waals surface area contributed by atoms with Gasteiger partial charge in [0.15, 0.2) is 9.84 Å². The van der Waals surface area contributed by atoms with Gasteiger partial charge in [-0.3, -0.25) is 4.90 Å². The maximum absolute atomic E-state index is 11.5. The highest BCUT2D eigenvalue weighted by Crippen LogP contribution is 2.25. The molecule has 0 saturated carbocycles. The average Bonchev–Trinajstić information content (AvgIpc) is 2.27. The van der Waals surface area contributed by atoms with Crippen molar-refractivity contribution >= 4 is 21.4 Å². The molecule has 100 valence electrons. The Hall–Kier alpha value is -0.780. The second-order valence-electron chi connectivity index (χ2n) is 4.72. The average molecular weight is 290 g/mol. The molecular formula is C12H16ClNO3S. The summed E-state index contributed by atoms with van der Waals surface area (Å²) in [5.41, 5.74) is 0.976. The number of halogens is 1. The van der Waals surface area contributed by atoms with Gasteiger partial charge in [0.05, 0.1) is 16.5 Å². The SMILES string of the molecule is CC1CS(=O)(=O)CCN1Cc1ccc(O)c(Cl)c1. The van der Waals surface area contributed by atoms with Crippen molar-refractivity contribution < 1.29 is 13.5 Å². The van der Waals surface area contributed by atoms with Crippen LogP contribution in [-0.4, -0.2) is 42.5 Å². The molecule has 0 spiro atoms. The van der Waals surface area contributed by atoms with Crippen LogP contribution in [0.3, 0.4) is 0 Å². The summed E-state index contributed by atoms with van der Waals surface area (Å²) in [6.45, 7) is 3.11. The molecule has 0 bridgehead atoms. The van der Waals surface area contributed by atoms with Crippen LogP contribution in [0.4, 0.5) is 0 Å². The number of rotatable bonds is 2. The van der Waals surface area contributed by atoms with Crippen molar-refractivity contribution in [2.45, 2.75) is 19.5 Å². The van der Waals surface area contributed by atoms with Gasteiger partial charge in [-0.25, -0.2) is 8.42 Å². The molecule has 4 nitrogen and oxygen atoms in total. The first-order chi connectivity index (χ1) is 8.37. The lowest BCUT2D eigenvalue weighted by Gasteiger charge is -2.33. The fourth-order valence-electron chi connectivity index (χ4n) is 2.15. The van der Waals surface area contributed by atoms with E-state index in [1.54, 1.807) is 18.2 Å². The number of phenols is 1. The Morgan fingerprint density at radius 2 is 2.22 bits per heavy atom. The molecular weight excluding hydrogens is 274 g/mol. The Bertz CT molecular complexity index is 544. The monoisotopic (exact) mass is 289 g/mol. The molecule has 1 unspecified atom stereocenters. The molecule has 1 aromatic rings. The number of phenolic OH excluding ortho intramolecular Hbond substituents is 1. The Kier molecular flexibility index (Phi) is 3.84. The van der Waals surface area contributed by atoms with Crippen LogP contribution in [0, 0.1) is 0 Å². The van der Waals surface area contributed by atoms with E-state index >= 15 is 0 Å². The Morgan fingerprint density at radius 1 is 1.50 bits per heavy atom. The van der Waals surface area contributed by atoms with Crippen molar-refractivity contribution in [3.63, 3.8) is 0 Å². The largest absolute Gasteiger partial charge is 0.506 e. The first kappa shape index (κ1) is 13.6. The summed E-state index contributed by atoms with van der Waals surface area (Å²) in [6, 6.07) is 5.09. The van der Waals surface area contributed by atoms with Gasteiger partial charge in [-0.2, -0.15) is 0 Å². The summed E-state index contributed by atoms with van der Waals surface area (Å²) in [7, 11) is -2.88. The third-order valence-electron chi connectivity index (χ3n) is 3.21. The van der Waals surface area contributed by atoms with Crippen LogP contribution in [0.1, 0.15) is 12.5 Å². The van der Waals surface area contributed by atoms with Crippen molar-refractivity contribution in [1.29, 1.82) is 0 Å². The van der Waals surface area contributed by atoms with Crippen LogP contribution >= 0.6 is 11.6 Å². The van der Waals surface area contributed by atoms with Gasteiger partial charge in [0.2, 0.25) is 0 Å². The quantitative estimate of drug-likeness (QED) is 0.900. The van der Waals surface area contributed by atoms with Crippen LogP contribution in [0.25, 0.3) is 0 Å². The summed E-state index contributed by atoms with van der Waals surface area (Å²) in [4.78, 5) is 2.11. The molecule has 2 rings (SSSR count). The minimum Gasteiger partial charge on any atom is -0.506 e. The van der Waals surface area contributed by atoms with E-state index in [9.17, 15) is 13.5 Å². The molecule has 1 heterocycles. The second kappa shape index (κ2) is 5.07. The highest BCUT2D eigenvalue weighted by atomic mass is 35.5. The van der Waals surface area contributed by atoms with Gasteiger partial charge in [0, 0.05) is 19.1 Å². The number of hydrogen-bond acceptors (Lipinski definition) is 4. The lowest BCUT2D eigenvalue weighted by atomic mass is 10.2. The van der Waals surface area contributed by atoms with Crippen molar-refractivity contribution in [2.24, 2.45) is 0 Å². The molecule has 1 N–H and O–H groups in total. The van der Waals surface area contributed by atoms with Gasteiger partial charge in [-0.15, -0.1) is 0 Å². The Balaban J connectivity index is 2.08. The zero-order valence-electron chi connectivity index (χ0n) is 10.1. The summed E-state index contributed by atoms with van der Waals surface area (Å²) in [5, 5.41) is 9.67. The normalized spacial score (nSPS) is 24.0. The molecule has 0 amide bonds. The van der Waals surface area contributed by atoms with E-state index in [1.165, 1.54) is 0 Å². The minimum absolute atomic E-state index is 0.0105. The first-order valence-corrected chi connectivity index (χ1v) is 7.99. The highest BCUT2D eigenvalue weighted by Gasteiger charge is 2.27. The van der Waals surface area contributed by atoms with E-state index in [1.807, 2.05) is 6.92 Å². The number of benzene rings is 1. The third-order valence-corrected chi connectivity index (χ3v) is 5.30. The second-order valence-corrected chi connectivity index (χ2v) is 7.36. The standard InChI is InChI=1S/C12H16ClNO3S/c1-9-8-18(16,17)5-4-14(9)7-10-2-3-12(15)11(13)6-10/h2-3,6,9,15H,4-5,7-8H2,1H3. The van der Waals surface area contributed by atoms with Gasteiger partial charge in [-0.1, -0.05) is 17.7 Å². The van der Waals surface area contributed by atoms with Crippen molar-refractivity contribution in [3.05, 3.63) is 28.8 Å². The molecule has 1 aromatic carbocycles. The summed E-state index contributed by atoms with van der Waals surface area (Å²) in [6.07, 6.45) is 0. The van der Waals surface area contributed by atoms with Gasteiger partial charge in [0.1, 0.15) is 5.75 Å². The predicted molar refractivity (Wildman–Crippen MR) is 71.6 cm³/mol. The number of sulfone groups is 1. The predicted octanol–water partition coefficient (Wildman–Crippen LogP) is 1.66. The zero-order chi connectivity index (χ0) is 13.3. The molecule has 1 aliphatic rings. The molecule has 0 radical (unpaired) electrons. The van der Waals surface area contributed by atoms with Crippen LogP contribution in [0.5, 0.6) is 5.75 Å². The lowest BCUT2D eigenvalue weighted by molar-refractivity contribution is 0.218. The zero-order valence-corrected chi connectivity index (χ0v) is 11.7. The van der Waals surface area contributed by atoms with E-state index in [4.69, 9.17) is 11.6 Å². The molecule has 1 saturated heterocycles. The van der Waals surface area contributed by atoms with Crippen LogP contribution in [-0.2, 0) is 16.4 Å². The van der Waals surface area contributed by atoms with Crippen LogP contribution < -0.4 is 0 Å². The number of hydrogen-bond donors (Lipinski definition) is 1. The maximum Gasteiger partial charge on any atom is 0.153 e. The smallest absolute Gasteiger partial charge is 0.153 e. The fourth-order valence-corrected chi connectivity index (χ4v) is 3.98. The van der Waals surface area contributed by atoms with Crippen LogP contribution in [0.2, 0.25) is 5.02 Å². The molecule has 0 aromatic heterocycles. The van der Waals surface area contributed by atoms with E-state index in [0.29, 0.717) is 18.1 Å². The van der Waals surface area contributed by atoms with Gasteiger partial charge < -0.3 is 5.11 Å². The fraction of sp³-hybridized carbons (Fsp3) is 0.500. The van der Waals surface area contributed by atoms with Crippen LogP contribution in [0.15, 0.2) is 18.2 Å².